The van der Waals surface area contributed by atoms with Gasteiger partial charge >= 0.3 is 0 Å². The van der Waals surface area contributed by atoms with Crippen LogP contribution in [0.2, 0.25) is 5.02 Å². The molecule has 0 unspecified atom stereocenters. The van der Waals surface area contributed by atoms with Crippen LogP contribution in [0.25, 0.3) is 0 Å². The molecule has 1 atom stereocenters. The van der Waals surface area contributed by atoms with Crippen LogP contribution in [-0.4, -0.2) is 44.4 Å². The number of ether oxygens (including phenoxy) is 1. The molecule has 0 bridgehead atoms. The molecular weight excluding hydrogens is 508 g/mol. The van der Waals surface area contributed by atoms with E-state index in [1.807, 2.05) is 13.8 Å². The molecule has 3 rings (SSSR count). The van der Waals surface area contributed by atoms with Gasteiger partial charge in [0.1, 0.15) is 5.75 Å². The first kappa shape index (κ1) is 27.0. The molecule has 3 aromatic rings. The quantitative estimate of drug-likeness (QED) is 0.224. The summed E-state index contributed by atoms with van der Waals surface area (Å²) in [5.74, 6) is 0.486. The van der Waals surface area contributed by atoms with Crippen LogP contribution in [0, 0.1) is 16.0 Å². The zero-order valence-electron chi connectivity index (χ0n) is 20.0. The first-order valence-corrected chi connectivity index (χ1v) is 12.2. The highest BCUT2D eigenvalue weighted by Crippen LogP contribution is 2.28. The van der Waals surface area contributed by atoms with Crippen molar-refractivity contribution in [3.63, 3.8) is 0 Å². The van der Waals surface area contributed by atoms with E-state index in [-0.39, 0.29) is 34.0 Å². The number of benzene rings is 2. The molecule has 190 valence electrons. The number of amides is 2. The van der Waals surface area contributed by atoms with E-state index in [2.05, 4.69) is 20.8 Å². The minimum Gasteiger partial charge on any atom is -0.497 e. The molecule has 0 aliphatic rings. The molecule has 36 heavy (non-hydrogen) atoms. The van der Waals surface area contributed by atoms with E-state index in [9.17, 15) is 19.7 Å². The second-order valence-electron chi connectivity index (χ2n) is 8.08. The molecule has 13 heteroatoms. The van der Waals surface area contributed by atoms with Gasteiger partial charge in [0.2, 0.25) is 5.91 Å². The number of carbonyl (C=O) groups is 2. The van der Waals surface area contributed by atoms with Crippen molar-refractivity contribution in [3.05, 3.63) is 69.0 Å². The van der Waals surface area contributed by atoms with Gasteiger partial charge in [0.15, 0.2) is 11.0 Å². The third kappa shape index (κ3) is 6.52. The predicted octanol–water partition coefficient (Wildman–Crippen LogP) is 4.24. The monoisotopic (exact) mass is 532 g/mol. The summed E-state index contributed by atoms with van der Waals surface area (Å²) in [6.07, 6.45) is 0. The number of methoxy groups -OCH3 is 1. The molecular formula is C23H25ClN6O5S. The lowest BCUT2D eigenvalue weighted by Crippen LogP contribution is -2.33. The summed E-state index contributed by atoms with van der Waals surface area (Å²) in [5, 5.41) is 25.6. The summed E-state index contributed by atoms with van der Waals surface area (Å²) >= 11 is 7.18. The fourth-order valence-electron chi connectivity index (χ4n) is 3.26. The highest BCUT2D eigenvalue weighted by atomic mass is 35.5. The predicted molar refractivity (Wildman–Crippen MR) is 137 cm³/mol. The average molecular weight is 533 g/mol. The highest BCUT2D eigenvalue weighted by molar-refractivity contribution is 7.99. The number of aromatic nitrogens is 3. The van der Waals surface area contributed by atoms with Gasteiger partial charge in [-0.15, -0.1) is 10.2 Å². The van der Waals surface area contributed by atoms with Crippen LogP contribution in [0.4, 0.5) is 11.4 Å². The summed E-state index contributed by atoms with van der Waals surface area (Å²) in [6, 6.07) is 10.2. The number of thioether (sulfide) groups is 1. The lowest BCUT2D eigenvalue weighted by atomic mass is 10.0. The van der Waals surface area contributed by atoms with Crippen molar-refractivity contribution in [2.45, 2.75) is 25.0 Å². The van der Waals surface area contributed by atoms with Crippen LogP contribution >= 0.6 is 23.4 Å². The Morgan fingerprint density at radius 3 is 2.50 bits per heavy atom. The van der Waals surface area contributed by atoms with Crippen molar-refractivity contribution in [2.24, 2.45) is 13.0 Å². The Labute approximate surface area is 216 Å². The van der Waals surface area contributed by atoms with Gasteiger partial charge in [-0.2, -0.15) is 0 Å². The smallest absolute Gasteiger partial charge is 0.271 e. The van der Waals surface area contributed by atoms with Crippen LogP contribution in [0.3, 0.4) is 0 Å². The molecule has 2 amide bonds. The lowest BCUT2D eigenvalue weighted by molar-refractivity contribution is -0.384. The second-order valence-corrected chi connectivity index (χ2v) is 9.43. The molecule has 0 aliphatic carbocycles. The maximum atomic E-state index is 12.8. The fourth-order valence-corrected chi connectivity index (χ4v) is 4.14. The van der Waals surface area contributed by atoms with Crippen LogP contribution < -0.4 is 15.4 Å². The number of anilines is 1. The van der Waals surface area contributed by atoms with Crippen molar-refractivity contribution < 1.29 is 19.2 Å². The van der Waals surface area contributed by atoms with Crippen LogP contribution in [0.5, 0.6) is 5.75 Å². The third-order valence-corrected chi connectivity index (χ3v) is 6.57. The van der Waals surface area contributed by atoms with Gasteiger partial charge in [-0.05, 0) is 36.2 Å². The van der Waals surface area contributed by atoms with Crippen LogP contribution in [0.1, 0.15) is 36.1 Å². The van der Waals surface area contributed by atoms with Gasteiger partial charge in [0.25, 0.3) is 11.6 Å². The van der Waals surface area contributed by atoms with E-state index in [1.54, 1.807) is 43.0 Å². The lowest BCUT2D eigenvalue weighted by Gasteiger charge is -2.21. The Morgan fingerprint density at radius 2 is 1.89 bits per heavy atom. The first-order valence-electron chi connectivity index (χ1n) is 10.8. The molecule has 0 spiro atoms. The molecule has 1 aromatic heterocycles. The van der Waals surface area contributed by atoms with Crippen molar-refractivity contribution in [1.29, 1.82) is 0 Å². The van der Waals surface area contributed by atoms with Gasteiger partial charge in [-0.25, -0.2) is 0 Å². The molecule has 0 aliphatic heterocycles. The van der Waals surface area contributed by atoms with Gasteiger partial charge in [0, 0.05) is 24.7 Å². The Bertz CT molecular complexity index is 1260. The van der Waals surface area contributed by atoms with E-state index in [0.717, 1.165) is 11.8 Å². The highest BCUT2D eigenvalue weighted by Gasteiger charge is 2.25. The van der Waals surface area contributed by atoms with E-state index in [0.29, 0.717) is 22.3 Å². The van der Waals surface area contributed by atoms with E-state index in [1.165, 1.54) is 18.2 Å². The maximum Gasteiger partial charge on any atom is 0.271 e. The normalized spacial score (nSPS) is 11.7. The summed E-state index contributed by atoms with van der Waals surface area (Å²) in [6.45, 7) is 3.91. The molecule has 1 heterocycles. The molecule has 0 fully saturated rings. The SMILES string of the molecule is COc1ccc(C(=O)N[C@H](c2nnc(SCC(=O)Nc3cc([N+](=O)[O-])ccc3Cl)n2C)C(C)C)cc1. The number of carbonyl (C=O) groups excluding carboxylic acids is 2. The first-order chi connectivity index (χ1) is 17.1. The fraction of sp³-hybridized carbons (Fsp3) is 0.304. The van der Waals surface area contributed by atoms with E-state index < -0.39 is 16.9 Å². The maximum absolute atomic E-state index is 12.8. The Morgan fingerprint density at radius 1 is 1.19 bits per heavy atom. The van der Waals surface area contributed by atoms with E-state index >= 15 is 0 Å². The third-order valence-electron chi connectivity index (χ3n) is 5.22. The van der Waals surface area contributed by atoms with Crippen LogP contribution in [-0.2, 0) is 11.8 Å². The number of nitro groups is 1. The van der Waals surface area contributed by atoms with Gasteiger partial charge in [0.05, 0.1) is 34.5 Å². The summed E-state index contributed by atoms with van der Waals surface area (Å²) in [4.78, 5) is 35.7. The standard InChI is InChI=1S/C23H25ClN6O5S/c1-13(2)20(26-22(32)14-5-8-16(35-4)9-6-14)21-27-28-23(29(21)3)36-12-19(31)25-18-11-15(30(33)34)7-10-17(18)24/h5-11,13,20H,12H2,1-4H3,(H,25,31)(H,26,32)/t20-/m0/s1. The van der Waals surface area contributed by atoms with Gasteiger partial charge in [-0.3, -0.25) is 19.7 Å². The minimum atomic E-state index is -0.569. The van der Waals surface area contributed by atoms with Gasteiger partial charge in [-0.1, -0.05) is 37.2 Å². The summed E-state index contributed by atoms with van der Waals surface area (Å²) in [5.41, 5.74) is 0.447. The number of rotatable bonds is 10. The summed E-state index contributed by atoms with van der Waals surface area (Å²) in [7, 11) is 3.31. The zero-order valence-corrected chi connectivity index (χ0v) is 21.6. The number of non-ortho nitro benzene ring substituents is 1. The molecule has 2 N–H and O–H groups in total. The largest absolute Gasteiger partial charge is 0.497 e. The Hall–Kier alpha value is -3.64. The van der Waals surface area contributed by atoms with Crippen molar-refractivity contribution in [2.75, 3.05) is 18.2 Å². The summed E-state index contributed by atoms with van der Waals surface area (Å²) < 4.78 is 6.85. The number of halogens is 1. The number of nitro benzene ring substituents is 1. The number of hydrogen-bond donors (Lipinski definition) is 2. The van der Waals surface area contributed by atoms with Crippen molar-refractivity contribution in [3.8, 4) is 5.75 Å². The number of nitrogens with one attached hydrogen (secondary N) is 2. The van der Waals surface area contributed by atoms with Crippen molar-refractivity contribution in [1.82, 2.24) is 20.1 Å². The van der Waals surface area contributed by atoms with Crippen molar-refractivity contribution >= 4 is 46.6 Å². The molecule has 11 nitrogen and oxygen atoms in total. The van der Waals surface area contributed by atoms with E-state index in [4.69, 9.17) is 16.3 Å². The van der Waals surface area contributed by atoms with Gasteiger partial charge < -0.3 is 19.9 Å². The van der Waals surface area contributed by atoms with Crippen LogP contribution in [0.15, 0.2) is 47.6 Å². The molecule has 2 aromatic carbocycles. The minimum absolute atomic E-state index is 0.00672. The Balaban J connectivity index is 1.67. The Kier molecular flexibility index (Phi) is 8.88. The molecule has 0 saturated heterocycles. The molecule has 0 radical (unpaired) electrons. The topological polar surface area (TPSA) is 141 Å². The number of nitrogens with zero attached hydrogens (tertiary/aromatic N) is 4. The number of hydrogen-bond acceptors (Lipinski definition) is 8. The average Bonchev–Trinajstić information content (AvgIpc) is 3.21. The second kappa shape index (κ2) is 11.9. The molecule has 0 saturated carbocycles. The zero-order chi connectivity index (χ0) is 26.4.